The molecule has 0 aliphatic carbocycles. The predicted octanol–water partition coefficient (Wildman–Crippen LogP) is 1.02. The van der Waals surface area contributed by atoms with E-state index in [1.165, 1.54) is 4.90 Å². The highest BCUT2D eigenvalue weighted by atomic mass is 19.4. The lowest BCUT2D eigenvalue weighted by atomic mass is 10.2. The second kappa shape index (κ2) is 5.87. The van der Waals surface area contributed by atoms with Gasteiger partial charge in [-0.15, -0.1) is 0 Å². The molecule has 106 valence electrons. The largest absolute Gasteiger partial charge is 0.433 e. The minimum Gasteiger partial charge on any atom is -0.395 e. The Balaban J connectivity index is 3.33. The van der Waals surface area contributed by atoms with E-state index in [1.807, 2.05) is 0 Å². The molecule has 1 aromatic rings. The van der Waals surface area contributed by atoms with Gasteiger partial charge in [-0.1, -0.05) is 0 Å². The van der Waals surface area contributed by atoms with Crippen molar-refractivity contribution < 1.29 is 23.1 Å². The Morgan fingerprint density at radius 1 is 1.47 bits per heavy atom. The van der Waals surface area contributed by atoms with Gasteiger partial charge < -0.3 is 15.7 Å². The average molecular weight is 277 g/mol. The molecule has 0 aromatic carbocycles. The Labute approximate surface area is 107 Å². The van der Waals surface area contributed by atoms with Gasteiger partial charge in [0.2, 0.25) is 0 Å². The van der Waals surface area contributed by atoms with E-state index in [0.717, 1.165) is 6.07 Å². The molecule has 0 aliphatic heterocycles. The van der Waals surface area contributed by atoms with Crippen LogP contribution in [-0.4, -0.2) is 35.7 Å². The molecule has 8 heteroatoms. The van der Waals surface area contributed by atoms with Gasteiger partial charge in [-0.05, 0) is 19.1 Å². The zero-order valence-corrected chi connectivity index (χ0v) is 10.2. The highest BCUT2D eigenvalue weighted by molar-refractivity contribution is 5.97. The maximum absolute atomic E-state index is 12.6. The Bertz CT molecular complexity index is 463. The summed E-state index contributed by atoms with van der Waals surface area (Å²) >= 11 is 0. The number of carbonyl (C=O) groups is 1. The molecule has 0 spiro atoms. The zero-order chi connectivity index (χ0) is 14.6. The van der Waals surface area contributed by atoms with Gasteiger partial charge in [0, 0.05) is 13.1 Å². The first kappa shape index (κ1) is 15.2. The van der Waals surface area contributed by atoms with Gasteiger partial charge in [0.15, 0.2) is 0 Å². The molecule has 0 bridgehead atoms. The number of anilines is 1. The molecule has 5 nitrogen and oxygen atoms in total. The van der Waals surface area contributed by atoms with Gasteiger partial charge in [0.1, 0.15) is 11.5 Å². The minimum absolute atomic E-state index is 0.0606. The SMILES string of the molecule is CCN(CCO)c1nc(C(F)(F)F)ccc1C(N)=O. The molecule has 1 amide bonds. The van der Waals surface area contributed by atoms with E-state index in [-0.39, 0.29) is 31.1 Å². The number of hydrogen-bond acceptors (Lipinski definition) is 4. The molecular weight excluding hydrogens is 263 g/mol. The van der Waals surface area contributed by atoms with Crippen LogP contribution in [0.3, 0.4) is 0 Å². The van der Waals surface area contributed by atoms with E-state index >= 15 is 0 Å². The number of aliphatic hydroxyl groups is 1. The number of nitrogens with two attached hydrogens (primary N) is 1. The van der Waals surface area contributed by atoms with Crippen LogP contribution < -0.4 is 10.6 Å². The molecule has 0 saturated carbocycles. The van der Waals surface area contributed by atoms with Crippen molar-refractivity contribution in [2.45, 2.75) is 13.1 Å². The number of alkyl halides is 3. The molecule has 1 heterocycles. The Morgan fingerprint density at radius 3 is 2.53 bits per heavy atom. The summed E-state index contributed by atoms with van der Waals surface area (Å²) in [5.74, 6) is -1.04. The van der Waals surface area contributed by atoms with Gasteiger partial charge in [0.25, 0.3) is 5.91 Å². The number of hydrogen-bond donors (Lipinski definition) is 2. The summed E-state index contributed by atoms with van der Waals surface area (Å²) in [5.41, 5.74) is 3.90. The van der Waals surface area contributed by atoms with Gasteiger partial charge in [-0.25, -0.2) is 4.98 Å². The highest BCUT2D eigenvalue weighted by Gasteiger charge is 2.34. The molecular formula is C11H14F3N3O2. The van der Waals surface area contributed by atoms with Crippen molar-refractivity contribution in [2.75, 3.05) is 24.6 Å². The standard InChI is InChI=1S/C11H14F3N3O2/c1-2-17(5-6-18)10-7(9(15)19)3-4-8(16-10)11(12,13)14/h3-4,18H,2,5-6H2,1H3,(H2,15,19). The van der Waals surface area contributed by atoms with E-state index in [4.69, 9.17) is 10.8 Å². The quantitative estimate of drug-likeness (QED) is 0.842. The summed E-state index contributed by atoms with van der Waals surface area (Å²) in [6, 6.07) is 1.70. The van der Waals surface area contributed by atoms with Crippen molar-refractivity contribution in [3.63, 3.8) is 0 Å². The normalized spacial score (nSPS) is 11.4. The third-order valence-corrected chi connectivity index (χ3v) is 2.48. The fraction of sp³-hybridized carbons (Fsp3) is 0.455. The van der Waals surface area contributed by atoms with Crippen LogP contribution in [0, 0.1) is 0 Å². The van der Waals surface area contributed by atoms with Crippen LogP contribution in [0.25, 0.3) is 0 Å². The third-order valence-electron chi connectivity index (χ3n) is 2.48. The third kappa shape index (κ3) is 3.57. The first-order valence-electron chi connectivity index (χ1n) is 5.55. The lowest BCUT2D eigenvalue weighted by Crippen LogP contribution is -2.30. The van der Waals surface area contributed by atoms with Crippen molar-refractivity contribution in [1.82, 2.24) is 4.98 Å². The molecule has 1 aromatic heterocycles. The summed E-state index contributed by atoms with van der Waals surface area (Å²) in [5, 5.41) is 8.88. The number of pyridine rings is 1. The van der Waals surface area contributed by atoms with Crippen molar-refractivity contribution in [1.29, 1.82) is 0 Å². The maximum atomic E-state index is 12.6. The van der Waals surface area contributed by atoms with E-state index in [9.17, 15) is 18.0 Å². The van der Waals surface area contributed by atoms with E-state index in [0.29, 0.717) is 6.07 Å². The number of nitrogens with zero attached hydrogens (tertiary/aromatic N) is 2. The smallest absolute Gasteiger partial charge is 0.395 e. The minimum atomic E-state index is -4.61. The topological polar surface area (TPSA) is 79.4 Å². The number of aliphatic hydroxyl groups excluding tert-OH is 1. The number of likely N-dealkylation sites (N-methyl/N-ethyl adjacent to an activating group) is 1. The van der Waals surface area contributed by atoms with Crippen LogP contribution in [0.2, 0.25) is 0 Å². The maximum Gasteiger partial charge on any atom is 0.433 e. The van der Waals surface area contributed by atoms with Crippen molar-refractivity contribution in [3.8, 4) is 0 Å². The molecule has 3 N–H and O–H groups in total. The zero-order valence-electron chi connectivity index (χ0n) is 10.2. The fourth-order valence-electron chi connectivity index (χ4n) is 1.57. The van der Waals surface area contributed by atoms with Crippen LogP contribution in [-0.2, 0) is 6.18 Å². The van der Waals surface area contributed by atoms with Gasteiger partial charge >= 0.3 is 6.18 Å². The van der Waals surface area contributed by atoms with Crippen molar-refractivity contribution in [3.05, 3.63) is 23.4 Å². The van der Waals surface area contributed by atoms with Crippen LogP contribution >= 0.6 is 0 Å². The molecule has 19 heavy (non-hydrogen) atoms. The molecule has 0 fully saturated rings. The molecule has 1 rings (SSSR count). The van der Waals surface area contributed by atoms with Crippen LogP contribution in [0.5, 0.6) is 0 Å². The number of amides is 1. The first-order valence-corrected chi connectivity index (χ1v) is 5.55. The highest BCUT2D eigenvalue weighted by Crippen LogP contribution is 2.30. The molecule has 0 radical (unpaired) electrons. The lowest BCUT2D eigenvalue weighted by Gasteiger charge is -2.23. The Kier molecular flexibility index (Phi) is 4.71. The van der Waals surface area contributed by atoms with Crippen molar-refractivity contribution >= 4 is 11.7 Å². The number of halogens is 3. The summed E-state index contributed by atoms with van der Waals surface area (Å²) in [4.78, 5) is 16.0. The monoisotopic (exact) mass is 277 g/mol. The summed E-state index contributed by atoms with van der Waals surface area (Å²) < 4.78 is 37.8. The van der Waals surface area contributed by atoms with Crippen LogP contribution in [0.1, 0.15) is 23.0 Å². The lowest BCUT2D eigenvalue weighted by molar-refractivity contribution is -0.141. The van der Waals surface area contributed by atoms with Gasteiger partial charge in [-0.3, -0.25) is 4.79 Å². The second-order valence-corrected chi connectivity index (χ2v) is 3.73. The van der Waals surface area contributed by atoms with Crippen LogP contribution in [0.15, 0.2) is 12.1 Å². The second-order valence-electron chi connectivity index (χ2n) is 3.73. The summed E-state index contributed by atoms with van der Waals surface area (Å²) in [6.07, 6.45) is -4.61. The fourth-order valence-corrected chi connectivity index (χ4v) is 1.57. The van der Waals surface area contributed by atoms with Crippen LogP contribution in [0.4, 0.5) is 19.0 Å². The van der Waals surface area contributed by atoms with Crippen molar-refractivity contribution in [2.24, 2.45) is 5.73 Å². The molecule has 0 unspecified atom stereocenters. The number of aromatic nitrogens is 1. The number of carbonyl (C=O) groups excluding carboxylic acids is 1. The number of rotatable bonds is 5. The molecule has 0 atom stereocenters. The summed E-state index contributed by atoms with van der Waals surface area (Å²) in [6.45, 7) is 1.74. The molecule has 0 saturated heterocycles. The molecule has 0 aliphatic rings. The number of primary amides is 1. The Morgan fingerprint density at radius 2 is 2.11 bits per heavy atom. The van der Waals surface area contributed by atoms with Gasteiger partial charge in [0.05, 0.1) is 12.2 Å². The first-order chi connectivity index (χ1) is 8.81. The average Bonchev–Trinajstić information content (AvgIpc) is 2.34. The van der Waals surface area contributed by atoms with E-state index < -0.39 is 17.8 Å². The summed E-state index contributed by atoms with van der Waals surface area (Å²) in [7, 11) is 0. The predicted molar refractivity (Wildman–Crippen MR) is 62.7 cm³/mol. The van der Waals surface area contributed by atoms with E-state index in [1.54, 1.807) is 6.92 Å². The van der Waals surface area contributed by atoms with E-state index in [2.05, 4.69) is 4.98 Å². The Hall–Kier alpha value is -1.83. The van der Waals surface area contributed by atoms with Gasteiger partial charge in [-0.2, -0.15) is 13.2 Å².